The molecule has 35 heavy (non-hydrogen) atoms. The third-order valence-electron chi connectivity index (χ3n) is 11.2. The van der Waals surface area contributed by atoms with Crippen molar-refractivity contribution in [1.82, 2.24) is 0 Å². The summed E-state index contributed by atoms with van der Waals surface area (Å²) in [5.74, 6) is -0.563. The zero-order chi connectivity index (χ0) is 25.0. The Morgan fingerprint density at radius 1 is 1.14 bits per heavy atom. The molecule has 6 rings (SSSR count). The fraction of sp³-hybridized carbons (Fsp3) is 0.923. The number of nitrogens with zero attached hydrogens (tertiary/aromatic N) is 1. The summed E-state index contributed by atoms with van der Waals surface area (Å²) in [5, 5.41) is 13.1. The van der Waals surface area contributed by atoms with Crippen LogP contribution in [0.4, 0.5) is 0 Å². The number of aliphatic imine (C=N–C) groups is 1. The second-order valence-electron chi connectivity index (χ2n) is 11.7. The average molecular weight is 494 g/mol. The van der Waals surface area contributed by atoms with Gasteiger partial charge in [-0.1, -0.05) is 0 Å². The molecule has 0 amide bonds. The highest BCUT2D eigenvalue weighted by atomic mass is 16.6. The van der Waals surface area contributed by atoms with Gasteiger partial charge in [-0.25, -0.2) is 0 Å². The van der Waals surface area contributed by atoms with Crippen LogP contribution < -0.4 is 0 Å². The van der Waals surface area contributed by atoms with Gasteiger partial charge < -0.3 is 33.5 Å². The van der Waals surface area contributed by atoms with Crippen LogP contribution in [0.1, 0.15) is 32.6 Å². The van der Waals surface area contributed by atoms with E-state index in [0.29, 0.717) is 13.0 Å². The lowest BCUT2D eigenvalue weighted by Crippen LogP contribution is -2.78. The molecule has 1 aliphatic heterocycles. The van der Waals surface area contributed by atoms with Crippen LogP contribution in [0.2, 0.25) is 0 Å². The van der Waals surface area contributed by atoms with Gasteiger partial charge in [-0.2, -0.15) is 0 Å². The van der Waals surface area contributed by atoms with Crippen molar-refractivity contribution < 1.29 is 38.3 Å². The van der Waals surface area contributed by atoms with E-state index in [9.17, 15) is 9.90 Å². The Bertz CT molecular complexity index is 929. The highest BCUT2D eigenvalue weighted by Crippen LogP contribution is 2.80. The molecule has 0 aromatic rings. The van der Waals surface area contributed by atoms with Crippen molar-refractivity contribution in [3.8, 4) is 0 Å². The van der Waals surface area contributed by atoms with Crippen molar-refractivity contribution in [3.05, 3.63) is 0 Å². The summed E-state index contributed by atoms with van der Waals surface area (Å²) in [5.41, 5.74) is -3.40. The molecule has 1 spiro atoms. The van der Waals surface area contributed by atoms with Gasteiger partial charge in [0.25, 0.3) is 0 Å². The molecule has 7 bridgehead atoms. The first-order valence-electron chi connectivity index (χ1n) is 12.8. The molecular formula is C26H39NO8. The molecule has 9 heteroatoms. The van der Waals surface area contributed by atoms with Gasteiger partial charge >= 0.3 is 5.97 Å². The fourth-order valence-corrected chi connectivity index (χ4v) is 10.6. The second kappa shape index (κ2) is 7.71. The summed E-state index contributed by atoms with van der Waals surface area (Å²) in [7, 11) is 8.51. The van der Waals surface area contributed by atoms with Crippen LogP contribution in [0.15, 0.2) is 4.99 Å². The van der Waals surface area contributed by atoms with Crippen LogP contribution in [0.3, 0.4) is 0 Å². The van der Waals surface area contributed by atoms with Crippen LogP contribution in [-0.4, -0.2) is 101 Å². The topological polar surface area (TPSA) is 105 Å². The first-order valence-corrected chi connectivity index (χ1v) is 12.8. The molecule has 0 aromatic carbocycles. The Morgan fingerprint density at radius 2 is 1.91 bits per heavy atom. The van der Waals surface area contributed by atoms with Gasteiger partial charge in [0.2, 0.25) is 0 Å². The summed E-state index contributed by atoms with van der Waals surface area (Å²) < 4.78 is 36.9. The minimum Gasteiger partial charge on any atom is -0.462 e. The van der Waals surface area contributed by atoms with Crippen molar-refractivity contribution in [2.45, 2.75) is 74.3 Å². The van der Waals surface area contributed by atoms with Crippen LogP contribution in [0.25, 0.3) is 0 Å². The predicted molar refractivity (Wildman–Crippen MR) is 124 cm³/mol. The first kappa shape index (κ1) is 24.2. The molecule has 5 fully saturated rings. The highest BCUT2D eigenvalue weighted by molar-refractivity contribution is 5.72. The Hall–Kier alpha value is -1.10. The Balaban J connectivity index is 1.66. The van der Waals surface area contributed by atoms with Crippen LogP contribution in [0.5, 0.6) is 0 Å². The van der Waals surface area contributed by atoms with Gasteiger partial charge in [-0.15, -0.1) is 0 Å². The van der Waals surface area contributed by atoms with E-state index in [1.165, 1.54) is 6.92 Å². The molecule has 1 heterocycles. The third kappa shape index (κ3) is 2.42. The normalized spacial score (nSPS) is 56.8. The monoisotopic (exact) mass is 493 g/mol. The van der Waals surface area contributed by atoms with Gasteiger partial charge in [0.05, 0.1) is 31.0 Å². The van der Waals surface area contributed by atoms with E-state index in [-0.39, 0.29) is 47.3 Å². The Kier molecular flexibility index (Phi) is 5.34. The number of carbonyl (C=O) groups excluding carboxylic acids is 1. The van der Waals surface area contributed by atoms with Crippen LogP contribution in [-0.2, 0) is 33.2 Å². The number of fused-ring (bicyclic) bond motifs is 2. The molecule has 5 saturated carbocycles. The molecule has 5 aliphatic carbocycles. The summed E-state index contributed by atoms with van der Waals surface area (Å²) in [6, 6.07) is -0.464. The molecule has 13 unspecified atom stereocenters. The lowest BCUT2D eigenvalue weighted by Gasteiger charge is -2.66. The number of hydrogen-bond donors (Lipinski definition) is 1. The van der Waals surface area contributed by atoms with E-state index in [1.807, 2.05) is 6.21 Å². The van der Waals surface area contributed by atoms with E-state index in [4.69, 9.17) is 33.4 Å². The molecule has 0 saturated heterocycles. The summed E-state index contributed by atoms with van der Waals surface area (Å²) >= 11 is 0. The minimum atomic E-state index is -1.46. The molecular weight excluding hydrogens is 454 g/mol. The summed E-state index contributed by atoms with van der Waals surface area (Å²) in [4.78, 5) is 17.5. The lowest BCUT2D eigenvalue weighted by atomic mass is 9.44. The van der Waals surface area contributed by atoms with E-state index < -0.39 is 34.9 Å². The number of aliphatic hydroxyl groups is 1. The van der Waals surface area contributed by atoms with Gasteiger partial charge in [0, 0.05) is 83.7 Å². The quantitative estimate of drug-likeness (QED) is 0.529. The minimum absolute atomic E-state index is 0.0152. The van der Waals surface area contributed by atoms with Crippen molar-refractivity contribution in [3.63, 3.8) is 0 Å². The van der Waals surface area contributed by atoms with Crippen molar-refractivity contribution in [2.24, 2.45) is 39.5 Å². The molecule has 196 valence electrons. The smallest absolute Gasteiger partial charge is 0.302 e. The fourth-order valence-electron chi connectivity index (χ4n) is 10.6. The van der Waals surface area contributed by atoms with Gasteiger partial charge in [0.15, 0.2) is 0 Å². The average Bonchev–Trinajstić information content (AvgIpc) is 3.18. The molecule has 9 nitrogen and oxygen atoms in total. The molecule has 0 aromatic heterocycles. The Labute approximate surface area is 206 Å². The summed E-state index contributed by atoms with van der Waals surface area (Å²) in [6.07, 6.45) is 3.69. The van der Waals surface area contributed by atoms with E-state index in [2.05, 4.69) is 0 Å². The zero-order valence-corrected chi connectivity index (χ0v) is 21.6. The van der Waals surface area contributed by atoms with Gasteiger partial charge in [-0.05, 0) is 25.2 Å². The third-order valence-corrected chi connectivity index (χ3v) is 11.2. The van der Waals surface area contributed by atoms with Gasteiger partial charge in [0.1, 0.15) is 17.3 Å². The van der Waals surface area contributed by atoms with E-state index in [0.717, 1.165) is 19.3 Å². The predicted octanol–water partition coefficient (Wildman–Crippen LogP) is 1.24. The maximum Gasteiger partial charge on any atom is 0.302 e. The van der Waals surface area contributed by atoms with Crippen LogP contribution >= 0.6 is 0 Å². The van der Waals surface area contributed by atoms with E-state index >= 15 is 0 Å². The van der Waals surface area contributed by atoms with Crippen molar-refractivity contribution >= 4 is 12.2 Å². The second-order valence-corrected chi connectivity index (χ2v) is 11.7. The molecule has 1 N–H and O–H groups in total. The zero-order valence-electron chi connectivity index (χ0n) is 21.6. The lowest BCUT2D eigenvalue weighted by molar-refractivity contribution is -0.301. The number of carbonyl (C=O) groups is 1. The number of rotatable bonds is 7. The molecule has 13 atom stereocenters. The highest BCUT2D eigenvalue weighted by Gasteiger charge is 2.91. The standard InChI is InChI=1S/C26H39NO8/c1-13(28)35-19-14-9-15-18(19)24(34-6,10-16(14)31-3)26(29)21(33-5)20-23(12-30-2)8-7-17(32-4)25(15,20)22(26)27-11-23/h11,14-22,29H,7-10,12H2,1-6H3. The van der Waals surface area contributed by atoms with Crippen molar-refractivity contribution in [2.75, 3.05) is 42.2 Å². The van der Waals surface area contributed by atoms with Crippen molar-refractivity contribution in [1.29, 1.82) is 0 Å². The largest absolute Gasteiger partial charge is 0.462 e. The number of esters is 1. The Morgan fingerprint density at radius 3 is 2.51 bits per heavy atom. The van der Waals surface area contributed by atoms with E-state index in [1.54, 1.807) is 35.5 Å². The maximum absolute atomic E-state index is 13.1. The molecule has 6 aliphatic rings. The van der Waals surface area contributed by atoms with Crippen LogP contribution in [0, 0.1) is 34.5 Å². The number of hydrogen-bond acceptors (Lipinski definition) is 9. The number of methoxy groups -OCH3 is 5. The SMILES string of the molecule is COCC12C=NC3C4(C(OC)CC1)C1CC5C(OC)CC(OC)(C1C5OC(C)=O)C3(O)C(OC)C24. The van der Waals surface area contributed by atoms with Gasteiger partial charge in [-0.3, -0.25) is 9.79 Å². The summed E-state index contributed by atoms with van der Waals surface area (Å²) in [6.45, 7) is 1.95. The number of ether oxygens (including phenoxy) is 6. The first-order chi connectivity index (χ1) is 16.8. The molecule has 0 radical (unpaired) electrons. The maximum atomic E-state index is 13.1.